The van der Waals surface area contributed by atoms with E-state index in [1.54, 1.807) is 13.3 Å². The fourth-order valence-corrected chi connectivity index (χ4v) is 3.56. The molecule has 0 aliphatic carbocycles. The monoisotopic (exact) mass is 367 g/mol. The normalized spacial score (nSPS) is 11.1. The molecule has 0 saturated heterocycles. The fourth-order valence-electron chi connectivity index (χ4n) is 2.75. The summed E-state index contributed by atoms with van der Waals surface area (Å²) in [5.41, 5.74) is 2.00. The van der Waals surface area contributed by atoms with E-state index >= 15 is 0 Å². The van der Waals surface area contributed by atoms with Crippen molar-refractivity contribution in [3.63, 3.8) is 0 Å². The number of rotatable bonds is 6. The van der Waals surface area contributed by atoms with E-state index in [4.69, 9.17) is 4.42 Å². The average Bonchev–Trinajstić information content (AvgIpc) is 3.40. The SMILES string of the molecule is CNC(=O)CSc1nnc(-c2c[nH]c3ccccc23)n1Cc1ccco1. The van der Waals surface area contributed by atoms with Crippen molar-refractivity contribution in [3.8, 4) is 11.4 Å². The Morgan fingerprint density at radius 3 is 2.96 bits per heavy atom. The maximum atomic E-state index is 11.6. The van der Waals surface area contributed by atoms with Gasteiger partial charge in [-0.05, 0) is 18.2 Å². The van der Waals surface area contributed by atoms with Gasteiger partial charge in [0.15, 0.2) is 11.0 Å². The van der Waals surface area contributed by atoms with Crippen LogP contribution in [0.5, 0.6) is 0 Å². The molecule has 0 aliphatic rings. The first kappa shape index (κ1) is 16.5. The smallest absolute Gasteiger partial charge is 0.230 e. The topological polar surface area (TPSA) is 88.7 Å². The highest BCUT2D eigenvalue weighted by Gasteiger charge is 2.19. The number of nitrogens with one attached hydrogen (secondary N) is 2. The molecular formula is C18H17N5O2S. The molecule has 8 heteroatoms. The maximum Gasteiger partial charge on any atom is 0.230 e. The minimum Gasteiger partial charge on any atom is -0.467 e. The summed E-state index contributed by atoms with van der Waals surface area (Å²) >= 11 is 1.35. The molecule has 0 bridgehead atoms. The lowest BCUT2D eigenvalue weighted by Gasteiger charge is -2.08. The van der Waals surface area contributed by atoms with Crippen LogP contribution < -0.4 is 5.32 Å². The lowest BCUT2D eigenvalue weighted by molar-refractivity contribution is -0.118. The van der Waals surface area contributed by atoms with Crippen LogP contribution in [0.25, 0.3) is 22.3 Å². The number of benzene rings is 1. The Hall–Kier alpha value is -3.00. The molecule has 0 saturated carbocycles. The summed E-state index contributed by atoms with van der Waals surface area (Å²) in [6, 6.07) is 11.8. The molecule has 4 aromatic rings. The number of hydrogen-bond donors (Lipinski definition) is 2. The molecule has 0 unspecified atom stereocenters. The van der Waals surface area contributed by atoms with E-state index in [1.165, 1.54) is 11.8 Å². The minimum atomic E-state index is -0.0591. The molecule has 0 aliphatic heterocycles. The third-order valence-electron chi connectivity index (χ3n) is 4.05. The first-order valence-corrected chi connectivity index (χ1v) is 9.10. The number of aromatic nitrogens is 4. The Kier molecular flexibility index (Phi) is 4.49. The Labute approximate surface area is 153 Å². The second-order valence-electron chi connectivity index (χ2n) is 5.68. The summed E-state index contributed by atoms with van der Waals surface area (Å²) in [7, 11) is 1.62. The van der Waals surface area contributed by atoms with E-state index < -0.39 is 0 Å². The van der Waals surface area contributed by atoms with Gasteiger partial charge >= 0.3 is 0 Å². The quantitative estimate of drug-likeness (QED) is 0.512. The predicted molar refractivity (Wildman–Crippen MR) is 99.9 cm³/mol. The molecule has 3 heterocycles. The van der Waals surface area contributed by atoms with Crippen molar-refractivity contribution in [1.29, 1.82) is 0 Å². The average molecular weight is 367 g/mol. The summed E-state index contributed by atoms with van der Waals surface area (Å²) in [4.78, 5) is 14.9. The van der Waals surface area contributed by atoms with Gasteiger partial charge < -0.3 is 14.7 Å². The number of carbonyl (C=O) groups excluding carboxylic acids is 1. The summed E-state index contributed by atoms with van der Waals surface area (Å²) in [6.07, 6.45) is 3.57. The third-order valence-corrected chi connectivity index (χ3v) is 5.02. The van der Waals surface area contributed by atoms with Crippen molar-refractivity contribution < 1.29 is 9.21 Å². The molecule has 4 rings (SSSR count). The van der Waals surface area contributed by atoms with E-state index in [2.05, 4.69) is 20.5 Å². The zero-order valence-corrected chi connectivity index (χ0v) is 14.9. The first-order chi connectivity index (χ1) is 12.8. The van der Waals surface area contributed by atoms with Crippen LogP contribution in [0.1, 0.15) is 5.76 Å². The minimum absolute atomic E-state index is 0.0591. The van der Waals surface area contributed by atoms with Crippen molar-refractivity contribution in [1.82, 2.24) is 25.1 Å². The number of nitrogens with zero attached hydrogens (tertiary/aromatic N) is 3. The van der Waals surface area contributed by atoms with Gasteiger partial charge in [0.05, 0.1) is 18.6 Å². The lowest BCUT2D eigenvalue weighted by atomic mass is 10.1. The van der Waals surface area contributed by atoms with Gasteiger partial charge in [-0.1, -0.05) is 30.0 Å². The second-order valence-corrected chi connectivity index (χ2v) is 6.62. The molecule has 2 N–H and O–H groups in total. The number of carbonyl (C=O) groups is 1. The molecule has 0 atom stereocenters. The van der Waals surface area contributed by atoms with Crippen molar-refractivity contribution in [2.45, 2.75) is 11.7 Å². The Morgan fingerprint density at radius 2 is 2.15 bits per heavy atom. The van der Waals surface area contributed by atoms with Crippen LogP contribution in [-0.2, 0) is 11.3 Å². The van der Waals surface area contributed by atoms with Gasteiger partial charge in [0.2, 0.25) is 5.91 Å². The zero-order chi connectivity index (χ0) is 17.9. The number of para-hydroxylation sites is 1. The zero-order valence-electron chi connectivity index (χ0n) is 14.1. The van der Waals surface area contributed by atoms with E-state index in [1.807, 2.05) is 47.2 Å². The lowest BCUT2D eigenvalue weighted by Crippen LogP contribution is -2.20. The van der Waals surface area contributed by atoms with E-state index in [-0.39, 0.29) is 11.7 Å². The van der Waals surface area contributed by atoms with E-state index in [0.717, 1.165) is 28.1 Å². The second kappa shape index (κ2) is 7.09. The van der Waals surface area contributed by atoms with Gasteiger partial charge in [-0.3, -0.25) is 9.36 Å². The molecule has 26 heavy (non-hydrogen) atoms. The van der Waals surface area contributed by atoms with E-state index in [9.17, 15) is 4.79 Å². The molecule has 7 nitrogen and oxygen atoms in total. The van der Waals surface area contributed by atoms with Crippen LogP contribution in [0.4, 0.5) is 0 Å². The molecule has 1 amide bonds. The molecule has 1 aromatic carbocycles. The number of furan rings is 1. The van der Waals surface area contributed by atoms with Gasteiger partial charge in [-0.15, -0.1) is 10.2 Å². The summed E-state index contributed by atoms with van der Waals surface area (Å²) in [5.74, 6) is 1.75. The van der Waals surface area contributed by atoms with Crippen LogP contribution in [-0.4, -0.2) is 38.5 Å². The van der Waals surface area contributed by atoms with Crippen LogP contribution >= 0.6 is 11.8 Å². The van der Waals surface area contributed by atoms with Gasteiger partial charge in [0.1, 0.15) is 5.76 Å². The highest BCUT2D eigenvalue weighted by atomic mass is 32.2. The number of fused-ring (bicyclic) bond motifs is 1. The summed E-state index contributed by atoms with van der Waals surface area (Å²) < 4.78 is 7.47. The number of hydrogen-bond acceptors (Lipinski definition) is 5. The van der Waals surface area contributed by atoms with Gasteiger partial charge in [0.25, 0.3) is 0 Å². The van der Waals surface area contributed by atoms with Crippen molar-refractivity contribution in [2.24, 2.45) is 0 Å². The molecule has 0 radical (unpaired) electrons. The van der Waals surface area contributed by atoms with Crippen LogP contribution in [0.3, 0.4) is 0 Å². The Bertz CT molecular complexity index is 1040. The highest BCUT2D eigenvalue weighted by molar-refractivity contribution is 7.99. The molecule has 132 valence electrons. The highest BCUT2D eigenvalue weighted by Crippen LogP contribution is 2.30. The molecule has 0 fully saturated rings. The van der Waals surface area contributed by atoms with Crippen molar-refractivity contribution >= 4 is 28.6 Å². The fraction of sp³-hybridized carbons (Fsp3) is 0.167. The van der Waals surface area contributed by atoms with Gasteiger partial charge in [-0.2, -0.15) is 0 Å². The van der Waals surface area contributed by atoms with Crippen LogP contribution in [0.15, 0.2) is 58.4 Å². The number of amides is 1. The number of thioether (sulfide) groups is 1. The standard InChI is InChI=1S/C18H17N5O2S/c1-19-16(24)11-26-18-22-21-17(23(18)10-12-5-4-8-25-12)14-9-20-15-7-3-2-6-13(14)15/h2-9,20H,10-11H2,1H3,(H,19,24). The molecule has 3 aromatic heterocycles. The summed E-state index contributed by atoms with van der Waals surface area (Å²) in [6.45, 7) is 0.491. The van der Waals surface area contributed by atoms with Gasteiger partial charge in [-0.25, -0.2) is 0 Å². The number of H-pyrrole nitrogens is 1. The molecule has 0 spiro atoms. The predicted octanol–water partition coefficient (Wildman–Crippen LogP) is 2.91. The van der Waals surface area contributed by atoms with Crippen molar-refractivity contribution in [3.05, 3.63) is 54.6 Å². The van der Waals surface area contributed by atoms with E-state index in [0.29, 0.717) is 11.7 Å². The third kappa shape index (κ3) is 3.11. The van der Waals surface area contributed by atoms with Crippen LogP contribution in [0.2, 0.25) is 0 Å². The summed E-state index contributed by atoms with van der Waals surface area (Å²) in [5, 5.41) is 13.1. The van der Waals surface area contributed by atoms with Crippen molar-refractivity contribution in [2.75, 3.05) is 12.8 Å². The Morgan fingerprint density at radius 1 is 1.27 bits per heavy atom. The molecular weight excluding hydrogens is 350 g/mol. The number of aromatic amines is 1. The largest absolute Gasteiger partial charge is 0.467 e. The van der Waals surface area contributed by atoms with Crippen LogP contribution in [0, 0.1) is 0 Å². The van der Waals surface area contributed by atoms with Gasteiger partial charge in [0, 0.05) is 29.7 Å². The first-order valence-electron chi connectivity index (χ1n) is 8.11. The maximum absolute atomic E-state index is 11.6. The Balaban J connectivity index is 1.76.